The van der Waals surface area contributed by atoms with Gasteiger partial charge in [-0.15, -0.1) is 0 Å². The summed E-state index contributed by atoms with van der Waals surface area (Å²) in [6, 6.07) is 1.72. The fourth-order valence-corrected chi connectivity index (χ4v) is 2.30. The minimum Gasteiger partial charge on any atom is -0.385 e. The molecular formula is C11H16ClN3O. The fraction of sp³-hybridized carbons (Fsp3) is 0.545. The first-order chi connectivity index (χ1) is 7.62. The van der Waals surface area contributed by atoms with Crippen molar-refractivity contribution in [1.82, 2.24) is 10.3 Å². The average molecular weight is 242 g/mol. The zero-order chi connectivity index (χ0) is 11.6. The Kier molecular flexibility index (Phi) is 3.33. The second-order valence-electron chi connectivity index (χ2n) is 4.22. The molecule has 1 unspecified atom stereocenters. The maximum absolute atomic E-state index is 10.6. The third-order valence-electron chi connectivity index (χ3n) is 3.05. The van der Waals surface area contributed by atoms with Gasteiger partial charge in [-0.3, -0.25) is 0 Å². The van der Waals surface area contributed by atoms with E-state index >= 15 is 0 Å². The maximum Gasteiger partial charge on any atom is 0.129 e. The zero-order valence-electron chi connectivity index (χ0n) is 9.04. The average Bonchev–Trinajstić information content (AvgIpc) is 2.48. The van der Waals surface area contributed by atoms with E-state index in [1.54, 1.807) is 6.07 Å². The van der Waals surface area contributed by atoms with Crippen molar-refractivity contribution in [2.75, 3.05) is 18.8 Å². The van der Waals surface area contributed by atoms with Gasteiger partial charge in [-0.2, -0.15) is 0 Å². The van der Waals surface area contributed by atoms with Gasteiger partial charge in [-0.1, -0.05) is 11.6 Å². The smallest absolute Gasteiger partial charge is 0.129 e. The topological polar surface area (TPSA) is 71.2 Å². The lowest BCUT2D eigenvalue weighted by atomic mass is 9.87. The summed E-state index contributed by atoms with van der Waals surface area (Å²) in [6.45, 7) is 1.71. The molecule has 16 heavy (non-hydrogen) atoms. The fourth-order valence-electron chi connectivity index (χ4n) is 2.14. The summed E-state index contributed by atoms with van der Waals surface area (Å²) < 4.78 is 0. The van der Waals surface area contributed by atoms with E-state index in [4.69, 9.17) is 17.3 Å². The van der Waals surface area contributed by atoms with Crippen LogP contribution in [0, 0.1) is 0 Å². The molecule has 88 valence electrons. The predicted octanol–water partition coefficient (Wildman–Crippen LogP) is 1.28. The highest BCUT2D eigenvalue weighted by Gasteiger charge is 2.32. The third-order valence-corrected chi connectivity index (χ3v) is 3.25. The van der Waals surface area contributed by atoms with Gasteiger partial charge in [0, 0.05) is 11.8 Å². The van der Waals surface area contributed by atoms with E-state index in [0.717, 1.165) is 19.5 Å². The molecule has 1 aliphatic heterocycles. The van der Waals surface area contributed by atoms with Gasteiger partial charge in [-0.25, -0.2) is 4.98 Å². The van der Waals surface area contributed by atoms with E-state index in [-0.39, 0.29) is 0 Å². The van der Waals surface area contributed by atoms with Crippen LogP contribution in [0.25, 0.3) is 0 Å². The number of halogens is 1. The second kappa shape index (κ2) is 4.57. The molecule has 2 rings (SSSR count). The summed E-state index contributed by atoms with van der Waals surface area (Å²) in [6.07, 6.45) is 3.74. The van der Waals surface area contributed by atoms with Gasteiger partial charge in [0.25, 0.3) is 0 Å². The third kappa shape index (κ3) is 2.29. The minimum absolute atomic E-state index is 0.369. The number of hydrogen-bond donors (Lipinski definition) is 3. The van der Waals surface area contributed by atoms with Gasteiger partial charge in [-0.05, 0) is 38.4 Å². The molecule has 0 saturated carbocycles. The summed E-state index contributed by atoms with van der Waals surface area (Å²) in [4.78, 5) is 4.00. The van der Waals surface area contributed by atoms with Crippen molar-refractivity contribution in [2.24, 2.45) is 0 Å². The van der Waals surface area contributed by atoms with Crippen LogP contribution in [0.15, 0.2) is 12.3 Å². The van der Waals surface area contributed by atoms with Gasteiger partial charge in [0.1, 0.15) is 5.82 Å². The highest BCUT2D eigenvalue weighted by atomic mass is 35.5. The summed E-state index contributed by atoms with van der Waals surface area (Å²) in [5.74, 6) is 0.369. The Bertz CT molecular complexity index is 375. The molecule has 1 atom stereocenters. The molecule has 2 heterocycles. The summed E-state index contributed by atoms with van der Waals surface area (Å²) >= 11 is 5.89. The molecule has 4 N–H and O–H groups in total. The normalized spacial score (nSPS) is 26.4. The number of nitrogen functional groups attached to an aromatic ring is 1. The standard InChI is InChI=1S/C11H16ClN3O/c12-8-6-9(10(13)15-7-8)11(16)2-1-4-14-5-3-11/h6-7,14,16H,1-5H2,(H2,13,15). The summed E-state index contributed by atoms with van der Waals surface area (Å²) in [7, 11) is 0. The molecule has 1 saturated heterocycles. The Hall–Kier alpha value is -0.840. The van der Waals surface area contributed by atoms with Crippen molar-refractivity contribution in [2.45, 2.75) is 24.9 Å². The number of rotatable bonds is 1. The van der Waals surface area contributed by atoms with Crippen LogP contribution in [-0.4, -0.2) is 23.2 Å². The van der Waals surface area contributed by atoms with E-state index in [9.17, 15) is 5.11 Å². The number of hydrogen-bond acceptors (Lipinski definition) is 4. The lowest BCUT2D eigenvalue weighted by Gasteiger charge is -2.27. The highest BCUT2D eigenvalue weighted by Crippen LogP contribution is 2.35. The van der Waals surface area contributed by atoms with E-state index in [1.165, 1.54) is 6.20 Å². The Labute approximate surface area is 99.8 Å². The lowest BCUT2D eigenvalue weighted by molar-refractivity contribution is 0.0245. The van der Waals surface area contributed by atoms with Crippen molar-refractivity contribution in [3.8, 4) is 0 Å². The molecule has 0 spiro atoms. The molecule has 0 aliphatic carbocycles. The van der Waals surface area contributed by atoms with Gasteiger partial charge in [0.2, 0.25) is 0 Å². The van der Waals surface area contributed by atoms with E-state index in [0.29, 0.717) is 29.2 Å². The number of aliphatic hydroxyl groups is 1. The highest BCUT2D eigenvalue weighted by molar-refractivity contribution is 6.30. The van der Waals surface area contributed by atoms with Gasteiger partial charge >= 0.3 is 0 Å². The first-order valence-electron chi connectivity index (χ1n) is 5.46. The van der Waals surface area contributed by atoms with Crippen LogP contribution in [0.5, 0.6) is 0 Å². The summed E-state index contributed by atoms with van der Waals surface area (Å²) in [5, 5.41) is 14.4. The first-order valence-corrected chi connectivity index (χ1v) is 5.84. The maximum atomic E-state index is 10.6. The molecule has 0 amide bonds. The lowest BCUT2D eigenvalue weighted by Crippen LogP contribution is -2.28. The van der Waals surface area contributed by atoms with Crippen LogP contribution in [-0.2, 0) is 5.60 Å². The molecule has 1 aliphatic rings. The predicted molar refractivity (Wildman–Crippen MR) is 64.3 cm³/mol. The van der Waals surface area contributed by atoms with Crippen molar-refractivity contribution in [3.63, 3.8) is 0 Å². The van der Waals surface area contributed by atoms with Crippen LogP contribution in [0.1, 0.15) is 24.8 Å². The Morgan fingerprint density at radius 2 is 2.25 bits per heavy atom. The van der Waals surface area contributed by atoms with Crippen molar-refractivity contribution < 1.29 is 5.11 Å². The zero-order valence-corrected chi connectivity index (χ0v) is 9.80. The number of anilines is 1. The molecule has 0 bridgehead atoms. The van der Waals surface area contributed by atoms with Crippen LogP contribution in [0.2, 0.25) is 5.02 Å². The number of nitrogens with zero attached hydrogens (tertiary/aromatic N) is 1. The summed E-state index contributed by atoms with van der Waals surface area (Å²) in [5.41, 5.74) is 5.57. The molecule has 5 heteroatoms. The van der Waals surface area contributed by atoms with Crippen LogP contribution >= 0.6 is 11.6 Å². The van der Waals surface area contributed by atoms with Crippen molar-refractivity contribution >= 4 is 17.4 Å². The van der Waals surface area contributed by atoms with Crippen molar-refractivity contribution in [3.05, 3.63) is 22.8 Å². The number of nitrogens with two attached hydrogens (primary N) is 1. The molecule has 1 aromatic heterocycles. The number of nitrogens with one attached hydrogen (secondary N) is 1. The second-order valence-corrected chi connectivity index (χ2v) is 4.66. The molecule has 0 aromatic carbocycles. The number of pyridine rings is 1. The SMILES string of the molecule is Nc1ncc(Cl)cc1C1(O)CCCNCC1. The van der Waals surface area contributed by atoms with Crippen LogP contribution in [0.4, 0.5) is 5.82 Å². The van der Waals surface area contributed by atoms with E-state index in [2.05, 4.69) is 10.3 Å². The van der Waals surface area contributed by atoms with Gasteiger partial charge < -0.3 is 16.2 Å². The van der Waals surface area contributed by atoms with E-state index in [1.807, 2.05) is 0 Å². The molecule has 0 radical (unpaired) electrons. The molecule has 4 nitrogen and oxygen atoms in total. The van der Waals surface area contributed by atoms with E-state index < -0.39 is 5.60 Å². The largest absolute Gasteiger partial charge is 0.385 e. The minimum atomic E-state index is -0.897. The first kappa shape index (κ1) is 11.6. The van der Waals surface area contributed by atoms with Gasteiger partial charge in [0.15, 0.2) is 0 Å². The number of aromatic nitrogens is 1. The Morgan fingerprint density at radius 1 is 1.44 bits per heavy atom. The molecule has 1 aromatic rings. The van der Waals surface area contributed by atoms with Crippen molar-refractivity contribution in [1.29, 1.82) is 0 Å². The quantitative estimate of drug-likeness (QED) is 0.693. The molecular weight excluding hydrogens is 226 g/mol. The van der Waals surface area contributed by atoms with Crippen LogP contribution in [0.3, 0.4) is 0 Å². The monoisotopic (exact) mass is 241 g/mol. The molecule has 1 fully saturated rings. The Morgan fingerprint density at radius 3 is 3.06 bits per heavy atom. The van der Waals surface area contributed by atoms with Gasteiger partial charge in [0.05, 0.1) is 10.6 Å². The Balaban J connectivity index is 2.36. The van der Waals surface area contributed by atoms with Crippen LogP contribution < -0.4 is 11.1 Å².